The van der Waals surface area contributed by atoms with Crippen LogP contribution in [0.5, 0.6) is 11.5 Å². The van der Waals surface area contributed by atoms with Crippen molar-refractivity contribution in [2.45, 2.75) is 11.9 Å². The molecular weight excluding hydrogens is 447 g/mol. The molecule has 3 aromatic rings. The van der Waals surface area contributed by atoms with Crippen LogP contribution in [0.25, 0.3) is 0 Å². The monoisotopic (exact) mass is 470 g/mol. The van der Waals surface area contributed by atoms with Crippen molar-refractivity contribution < 1.29 is 27.1 Å². The van der Waals surface area contributed by atoms with Gasteiger partial charge in [0.15, 0.2) is 6.10 Å². The van der Waals surface area contributed by atoms with Gasteiger partial charge in [-0.25, -0.2) is 12.8 Å². The van der Waals surface area contributed by atoms with Gasteiger partial charge in [-0.3, -0.25) is 9.10 Å². The van der Waals surface area contributed by atoms with Gasteiger partial charge in [0, 0.05) is 0 Å². The minimum absolute atomic E-state index is 0.142. The van der Waals surface area contributed by atoms with Gasteiger partial charge in [0.05, 0.1) is 24.5 Å². The van der Waals surface area contributed by atoms with Crippen molar-refractivity contribution in [2.24, 2.45) is 0 Å². The fourth-order valence-corrected chi connectivity index (χ4v) is 5.04. The molecule has 1 heterocycles. The van der Waals surface area contributed by atoms with E-state index < -0.39 is 22.0 Å². The normalized spacial score (nSPS) is 15.3. The van der Waals surface area contributed by atoms with Crippen molar-refractivity contribution >= 4 is 21.6 Å². The van der Waals surface area contributed by atoms with Crippen LogP contribution in [0.3, 0.4) is 0 Å². The van der Waals surface area contributed by atoms with Crippen molar-refractivity contribution in [2.75, 3.05) is 24.0 Å². The Hall–Kier alpha value is -3.59. The van der Waals surface area contributed by atoms with Crippen LogP contribution in [0.15, 0.2) is 78.9 Å². The molecule has 1 N–H and O–H groups in total. The van der Waals surface area contributed by atoms with Crippen LogP contribution in [-0.4, -0.2) is 40.1 Å². The lowest BCUT2D eigenvalue weighted by Crippen LogP contribution is -2.51. The summed E-state index contributed by atoms with van der Waals surface area (Å²) < 4.78 is 51.9. The zero-order valence-corrected chi connectivity index (χ0v) is 18.5. The summed E-state index contributed by atoms with van der Waals surface area (Å²) in [4.78, 5) is 12.7. The minimum atomic E-state index is -3.76. The van der Waals surface area contributed by atoms with E-state index in [4.69, 9.17) is 9.47 Å². The summed E-state index contributed by atoms with van der Waals surface area (Å²) in [5, 5.41) is 2.70. The van der Waals surface area contributed by atoms with E-state index in [1.807, 2.05) is 6.07 Å². The Labute approximate surface area is 191 Å². The molecule has 1 unspecified atom stereocenters. The molecular formula is C24H23FN2O5S. The summed E-state index contributed by atoms with van der Waals surface area (Å²) >= 11 is 0. The Morgan fingerprint density at radius 1 is 1.03 bits per heavy atom. The molecule has 7 nitrogen and oxygen atoms in total. The number of para-hydroxylation sites is 2. The highest BCUT2D eigenvalue weighted by molar-refractivity contribution is 7.92. The first kappa shape index (κ1) is 22.6. The number of hydrogen-bond acceptors (Lipinski definition) is 5. The van der Waals surface area contributed by atoms with Crippen LogP contribution in [0.1, 0.15) is 5.56 Å². The van der Waals surface area contributed by atoms with E-state index in [-0.39, 0.29) is 31.3 Å². The maximum atomic E-state index is 13.2. The van der Waals surface area contributed by atoms with E-state index in [9.17, 15) is 17.6 Å². The molecule has 0 aromatic heterocycles. The van der Waals surface area contributed by atoms with Gasteiger partial charge in [0.1, 0.15) is 23.9 Å². The average molecular weight is 471 g/mol. The van der Waals surface area contributed by atoms with Crippen LogP contribution in [0.4, 0.5) is 10.1 Å². The molecule has 0 saturated heterocycles. The molecule has 172 valence electrons. The van der Waals surface area contributed by atoms with E-state index in [2.05, 4.69) is 5.32 Å². The first-order valence-electron chi connectivity index (χ1n) is 10.4. The zero-order valence-electron chi connectivity index (χ0n) is 17.7. The van der Waals surface area contributed by atoms with Gasteiger partial charge in [-0.1, -0.05) is 42.5 Å². The van der Waals surface area contributed by atoms with Crippen LogP contribution >= 0.6 is 0 Å². The van der Waals surface area contributed by atoms with Gasteiger partial charge >= 0.3 is 0 Å². The fraction of sp³-hybridized carbons (Fsp3) is 0.208. The molecule has 1 aliphatic heterocycles. The lowest BCUT2D eigenvalue weighted by molar-refractivity contribution is -0.127. The summed E-state index contributed by atoms with van der Waals surface area (Å²) in [5.74, 6) is -0.207. The van der Waals surface area contributed by atoms with Gasteiger partial charge in [-0.15, -0.1) is 0 Å². The second-order valence-corrected chi connectivity index (χ2v) is 9.33. The Morgan fingerprint density at radius 2 is 1.73 bits per heavy atom. The second-order valence-electron chi connectivity index (χ2n) is 7.44. The maximum absolute atomic E-state index is 13.2. The summed E-state index contributed by atoms with van der Waals surface area (Å²) in [5.41, 5.74) is 1.05. The quantitative estimate of drug-likeness (QED) is 0.512. The molecule has 0 saturated carbocycles. The lowest BCUT2D eigenvalue weighted by atomic mass is 10.2. The standard InChI is InChI=1S/C24H23FN2O5S/c25-19-10-12-20(13-11-19)31-15-14-26-24(28)23-16-27(21-8-4-5-9-22(21)32-23)33(29,30)17-18-6-2-1-3-7-18/h1-13,23H,14-17H2,(H,26,28). The van der Waals surface area contributed by atoms with Crippen LogP contribution in [0.2, 0.25) is 0 Å². The van der Waals surface area contributed by atoms with Gasteiger partial charge < -0.3 is 14.8 Å². The molecule has 0 aliphatic carbocycles. The summed E-state index contributed by atoms with van der Waals surface area (Å²) in [7, 11) is -3.76. The number of fused-ring (bicyclic) bond motifs is 1. The van der Waals surface area contributed by atoms with Crippen molar-refractivity contribution in [3.05, 3.63) is 90.2 Å². The Bertz CT molecular complexity index is 1200. The predicted octanol–water partition coefficient (Wildman–Crippen LogP) is 3.12. The van der Waals surface area contributed by atoms with E-state index in [1.165, 1.54) is 28.6 Å². The van der Waals surface area contributed by atoms with E-state index in [0.29, 0.717) is 22.7 Å². The third kappa shape index (κ3) is 5.61. The van der Waals surface area contributed by atoms with E-state index in [0.717, 1.165) is 0 Å². The molecule has 1 aliphatic rings. The molecule has 0 spiro atoms. The number of rotatable bonds is 8. The highest BCUT2D eigenvalue weighted by Crippen LogP contribution is 2.35. The molecule has 0 fully saturated rings. The number of hydrogen-bond donors (Lipinski definition) is 1. The van der Waals surface area contributed by atoms with Crippen molar-refractivity contribution in [1.82, 2.24) is 5.32 Å². The van der Waals surface area contributed by atoms with Crippen LogP contribution in [0, 0.1) is 5.82 Å². The lowest BCUT2D eigenvalue weighted by Gasteiger charge is -2.34. The number of anilines is 1. The Kier molecular flexibility index (Phi) is 6.79. The molecule has 33 heavy (non-hydrogen) atoms. The van der Waals surface area contributed by atoms with Crippen LogP contribution < -0.4 is 19.1 Å². The van der Waals surface area contributed by atoms with Crippen molar-refractivity contribution in [1.29, 1.82) is 0 Å². The molecule has 1 amide bonds. The van der Waals surface area contributed by atoms with Gasteiger partial charge in [0.2, 0.25) is 10.0 Å². The predicted molar refractivity (Wildman–Crippen MR) is 122 cm³/mol. The first-order valence-corrected chi connectivity index (χ1v) is 12.0. The fourth-order valence-electron chi connectivity index (χ4n) is 3.45. The molecule has 9 heteroatoms. The summed E-state index contributed by atoms with van der Waals surface area (Å²) in [6.07, 6.45) is -1.02. The van der Waals surface area contributed by atoms with Crippen LogP contribution in [-0.2, 0) is 20.6 Å². The van der Waals surface area contributed by atoms with Crippen molar-refractivity contribution in [3.63, 3.8) is 0 Å². The summed E-state index contributed by atoms with van der Waals surface area (Å²) in [6, 6.07) is 21.2. The average Bonchev–Trinajstić information content (AvgIpc) is 2.82. The molecule has 0 radical (unpaired) electrons. The van der Waals surface area contributed by atoms with Gasteiger partial charge in [-0.05, 0) is 42.0 Å². The van der Waals surface area contributed by atoms with E-state index >= 15 is 0 Å². The second kappa shape index (κ2) is 9.91. The molecule has 3 aromatic carbocycles. The maximum Gasteiger partial charge on any atom is 0.263 e. The highest BCUT2D eigenvalue weighted by Gasteiger charge is 2.36. The third-order valence-corrected chi connectivity index (χ3v) is 6.75. The molecule has 1 atom stereocenters. The number of halogens is 1. The smallest absolute Gasteiger partial charge is 0.263 e. The van der Waals surface area contributed by atoms with E-state index in [1.54, 1.807) is 48.5 Å². The number of carbonyl (C=O) groups is 1. The number of nitrogens with zero attached hydrogens (tertiary/aromatic N) is 1. The first-order chi connectivity index (χ1) is 15.9. The molecule has 0 bridgehead atoms. The number of amides is 1. The Morgan fingerprint density at radius 3 is 2.48 bits per heavy atom. The number of nitrogens with one attached hydrogen (secondary N) is 1. The molecule has 4 rings (SSSR count). The zero-order chi connectivity index (χ0) is 23.3. The van der Waals surface area contributed by atoms with Crippen molar-refractivity contribution in [3.8, 4) is 11.5 Å². The number of benzene rings is 3. The van der Waals surface area contributed by atoms with Gasteiger partial charge in [-0.2, -0.15) is 0 Å². The SMILES string of the molecule is O=C(NCCOc1ccc(F)cc1)C1CN(S(=O)(=O)Cc2ccccc2)c2ccccc2O1. The number of carbonyl (C=O) groups excluding carboxylic acids is 1. The number of sulfonamides is 1. The Balaban J connectivity index is 1.42. The summed E-state index contributed by atoms with van der Waals surface area (Å²) in [6.45, 7) is 0.196. The minimum Gasteiger partial charge on any atom is -0.492 e. The third-order valence-electron chi connectivity index (χ3n) is 5.04. The largest absolute Gasteiger partial charge is 0.492 e. The van der Waals surface area contributed by atoms with Gasteiger partial charge in [0.25, 0.3) is 5.91 Å². The highest BCUT2D eigenvalue weighted by atomic mass is 32.2. The number of ether oxygens (including phenoxy) is 2. The topological polar surface area (TPSA) is 84.9 Å².